The fraction of sp³-hybridized carbons (Fsp3) is 0.692. The molecule has 20 atom stereocenters. The predicted molar refractivity (Wildman–Crippen MR) is 211 cm³/mol. The Bertz CT molecular complexity index is 1860. The smallest absolute Gasteiger partial charge is 0.335 e. The maximum absolute atomic E-state index is 12.6. The lowest BCUT2D eigenvalue weighted by Gasteiger charge is -2.49. The van der Waals surface area contributed by atoms with Crippen molar-refractivity contribution >= 4 is 35.9 Å². The number of aliphatic hydroxyl groups excluding tert-OH is 8. The molecule has 1 aromatic rings. The van der Waals surface area contributed by atoms with Crippen LogP contribution in [0.1, 0.15) is 34.6 Å². The van der Waals surface area contributed by atoms with E-state index in [2.05, 4.69) is 16.0 Å². The molecule has 28 nitrogen and oxygen atoms in total. The molecule has 0 aromatic heterocycles. The summed E-state index contributed by atoms with van der Waals surface area (Å²) in [5, 5.41) is 115. The van der Waals surface area contributed by atoms with Gasteiger partial charge in [-0.2, -0.15) is 0 Å². The second-order valence-corrected chi connectivity index (χ2v) is 15.7. The molecule has 376 valence electrons. The number of carboxylic acids is 2. The molecule has 4 heterocycles. The molecule has 4 aliphatic rings. The Morgan fingerprint density at radius 3 is 1.51 bits per heavy atom. The number of methoxy groups -OCH3 is 1. The summed E-state index contributed by atoms with van der Waals surface area (Å²) in [5.41, 5.74) is 0.538. The van der Waals surface area contributed by atoms with Crippen LogP contribution in [0.4, 0.5) is 0 Å². The van der Waals surface area contributed by atoms with Gasteiger partial charge in [0.2, 0.25) is 11.8 Å². The number of ether oxygens (including phenoxy) is 9. The van der Waals surface area contributed by atoms with Crippen molar-refractivity contribution in [2.24, 2.45) is 0 Å². The molecule has 4 fully saturated rings. The van der Waals surface area contributed by atoms with Crippen LogP contribution in [0.2, 0.25) is 0 Å². The van der Waals surface area contributed by atoms with E-state index >= 15 is 0 Å². The standard InChI is InChI=1S/C39H55N3O25/c1-13(46)41-19-21(48)27(59-3)17(11-44)61-36(19)65-30-24(51)26(53)39(67-32(30)35(57)58)63-28-18(12-45)62-37(20(22(28)49)42-14(2)47)64-29-23(50)25(52)38(66-31(29)34(55)56)60-9-8-40-33(54)16-6-4-15(10-43)5-7-16/h4-7,10,17-32,36-39,44-45,48-53H,8-9,11-12H2,1-3H3,(H,40,54)(H,41,46)(H,42,47)(H,55,56)(H,57,58)/t17?,18?,19?,20?,21-,22-,23?,24?,25+,26+,27-,28-,29+,30+,31?,32?,36-,37-,38-,39-/m1/s1. The van der Waals surface area contributed by atoms with Gasteiger partial charge in [0, 0.05) is 38.6 Å². The molecule has 0 bridgehead atoms. The van der Waals surface area contributed by atoms with Gasteiger partial charge in [-0.05, 0) is 12.1 Å². The highest BCUT2D eigenvalue weighted by Crippen LogP contribution is 2.35. The lowest BCUT2D eigenvalue weighted by molar-refractivity contribution is -0.371. The van der Waals surface area contributed by atoms with Crippen molar-refractivity contribution in [1.29, 1.82) is 0 Å². The average molecular weight is 966 g/mol. The molecular formula is C39H55N3O25. The largest absolute Gasteiger partial charge is 0.479 e. The minimum Gasteiger partial charge on any atom is -0.479 e. The van der Waals surface area contributed by atoms with Crippen molar-refractivity contribution < 1.29 is 122 Å². The maximum atomic E-state index is 12.6. The number of aliphatic carboxylic acids is 2. The Labute approximate surface area is 379 Å². The van der Waals surface area contributed by atoms with Crippen LogP contribution < -0.4 is 16.0 Å². The minimum atomic E-state index is -2.26. The number of aliphatic hydroxyl groups is 8. The number of amides is 3. The molecular weight excluding hydrogens is 910 g/mol. The SMILES string of the molecule is CO[C@@H]1C(CO)O[C@H](O[C@@H]2C(C(=O)O)O[C@@H](O[C@@H]3C(CO)O[C@H](O[C@@H]4C(C(=O)O)O[C@@H](OCCNC(=O)c5ccc(C=O)cc5)[C@@H](O)C4O)C(NC(C)=O)[C@H]3O)[C@@H](O)C2O)C(NC(C)=O)[C@H]1O. The molecule has 4 saturated heterocycles. The Hall–Kier alpha value is -4.44. The van der Waals surface area contributed by atoms with Crippen molar-refractivity contribution in [3.63, 3.8) is 0 Å². The van der Waals surface area contributed by atoms with Gasteiger partial charge < -0.3 is 110 Å². The lowest BCUT2D eigenvalue weighted by Crippen LogP contribution is -2.70. The monoisotopic (exact) mass is 965 g/mol. The molecule has 67 heavy (non-hydrogen) atoms. The maximum Gasteiger partial charge on any atom is 0.335 e. The van der Waals surface area contributed by atoms with Crippen molar-refractivity contribution in [3.8, 4) is 0 Å². The van der Waals surface area contributed by atoms with Gasteiger partial charge in [-0.15, -0.1) is 0 Å². The van der Waals surface area contributed by atoms with E-state index in [4.69, 9.17) is 42.6 Å². The molecule has 0 aliphatic carbocycles. The van der Waals surface area contributed by atoms with Crippen molar-refractivity contribution in [3.05, 3.63) is 35.4 Å². The van der Waals surface area contributed by atoms with E-state index in [0.717, 1.165) is 13.8 Å². The van der Waals surface area contributed by atoms with Crippen LogP contribution in [0.3, 0.4) is 0 Å². The number of carbonyl (C=O) groups is 6. The fourth-order valence-corrected chi connectivity index (χ4v) is 7.85. The molecule has 1 aromatic carbocycles. The highest BCUT2D eigenvalue weighted by atomic mass is 16.8. The molecule has 0 saturated carbocycles. The predicted octanol–water partition coefficient (Wildman–Crippen LogP) is -7.36. The summed E-state index contributed by atoms with van der Waals surface area (Å²) < 4.78 is 50.1. The minimum absolute atomic E-state index is 0.192. The van der Waals surface area contributed by atoms with Crippen molar-refractivity contribution in [2.45, 2.75) is 137 Å². The average Bonchev–Trinajstić information content (AvgIpc) is 3.29. The number of aldehydes is 1. The number of carboxylic acid groups (broad SMARTS) is 2. The summed E-state index contributed by atoms with van der Waals surface area (Å²) in [6.07, 6.45) is -34.3. The Balaban J connectivity index is 1.28. The number of rotatable bonds is 19. The Kier molecular flexibility index (Phi) is 18.9. The first-order valence-electron chi connectivity index (χ1n) is 20.6. The number of carbonyl (C=O) groups excluding carboxylic acids is 4. The van der Waals surface area contributed by atoms with E-state index in [1.165, 1.54) is 31.4 Å². The zero-order chi connectivity index (χ0) is 49.4. The second-order valence-electron chi connectivity index (χ2n) is 15.7. The van der Waals surface area contributed by atoms with Crippen LogP contribution in [0.5, 0.6) is 0 Å². The van der Waals surface area contributed by atoms with Crippen LogP contribution in [0.25, 0.3) is 0 Å². The van der Waals surface area contributed by atoms with Crippen LogP contribution >= 0.6 is 0 Å². The molecule has 0 spiro atoms. The van der Waals surface area contributed by atoms with E-state index in [1.54, 1.807) is 0 Å². The van der Waals surface area contributed by atoms with Gasteiger partial charge in [-0.25, -0.2) is 9.59 Å². The Morgan fingerprint density at radius 1 is 0.612 bits per heavy atom. The topological polar surface area (TPSA) is 424 Å². The first-order chi connectivity index (χ1) is 31.8. The van der Waals surface area contributed by atoms with E-state index in [-0.39, 0.29) is 18.7 Å². The molecule has 13 N–H and O–H groups in total. The van der Waals surface area contributed by atoms with E-state index in [1.807, 2.05) is 0 Å². The third-order valence-electron chi connectivity index (χ3n) is 11.1. The number of hydrogen-bond donors (Lipinski definition) is 13. The summed E-state index contributed by atoms with van der Waals surface area (Å²) in [7, 11) is 1.18. The number of benzene rings is 1. The fourth-order valence-electron chi connectivity index (χ4n) is 7.85. The van der Waals surface area contributed by atoms with Crippen molar-refractivity contribution in [1.82, 2.24) is 16.0 Å². The highest BCUT2D eigenvalue weighted by Gasteiger charge is 2.57. The summed E-state index contributed by atoms with van der Waals surface area (Å²) in [6, 6.07) is 2.34. The first kappa shape index (κ1) is 53.5. The van der Waals surface area contributed by atoms with Gasteiger partial charge in [-0.1, -0.05) is 12.1 Å². The van der Waals surface area contributed by atoms with Gasteiger partial charge in [-0.3, -0.25) is 19.2 Å². The van der Waals surface area contributed by atoms with Gasteiger partial charge in [0.05, 0.1) is 19.8 Å². The van der Waals surface area contributed by atoms with Crippen LogP contribution in [-0.2, 0) is 61.8 Å². The van der Waals surface area contributed by atoms with Crippen molar-refractivity contribution in [2.75, 3.05) is 33.5 Å². The molecule has 3 amide bonds. The van der Waals surface area contributed by atoms with Crippen LogP contribution in [0.15, 0.2) is 24.3 Å². The molecule has 28 heteroatoms. The summed E-state index contributed by atoms with van der Waals surface area (Å²) >= 11 is 0. The summed E-state index contributed by atoms with van der Waals surface area (Å²) in [6.45, 7) is -0.327. The van der Waals surface area contributed by atoms with Crippen LogP contribution in [0, 0.1) is 0 Å². The lowest BCUT2D eigenvalue weighted by atomic mass is 9.94. The van der Waals surface area contributed by atoms with Gasteiger partial charge in [0.25, 0.3) is 5.91 Å². The molecule has 4 aliphatic heterocycles. The summed E-state index contributed by atoms with van der Waals surface area (Å²) in [4.78, 5) is 72.7. The molecule has 5 rings (SSSR count). The Morgan fingerprint density at radius 2 is 1.06 bits per heavy atom. The highest BCUT2D eigenvalue weighted by molar-refractivity contribution is 5.94. The van der Waals surface area contributed by atoms with E-state index in [9.17, 15) is 79.8 Å². The zero-order valence-corrected chi connectivity index (χ0v) is 35.9. The number of nitrogens with one attached hydrogen (secondary N) is 3. The third-order valence-corrected chi connectivity index (χ3v) is 11.1. The van der Waals surface area contributed by atoms with Gasteiger partial charge in [0.15, 0.2) is 37.4 Å². The third kappa shape index (κ3) is 12.4. The first-order valence-corrected chi connectivity index (χ1v) is 20.6. The second kappa shape index (κ2) is 23.7. The van der Waals surface area contributed by atoms with E-state index < -0.39 is 166 Å². The normalized spacial score (nSPS) is 38.9. The quantitative estimate of drug-likeness (QED) is 0.0452. The molecule has 0 radical (unpaired) electrons. The zero-order valence-electron chi connectivity index (χ0n) is 35.9. The van der Waals surface area contributed by atoms with Gasteiger partial charge >= 0.3 is 11.9 Å². The van der Waals surface area contributed by atoms with Crippen LogP contribution in [-0.4, -0.2) is 243 Å². The number of hydrogen-bond acceptors (Lipinski definition) is 23. The van der Waals surface area contributed by atoms with E-state index in [0.29, 0.717) is 11.8 Å². The molecule has 8 unspecified atom stereocenters. The summed E-state index contributed by atoms with van der Waals surface area (Å²) in [5.74, 6) is -5.71. The van der Waals surface area contributed by atoms with Gasteiger partial charge in [0.1, 0.15) is 91.6 Å².